The van der Waals surface area contributed by atoms with Gasteiger partial charge >= 0.3 is 0 Å². The molecular formula is C24H24N2O4. The van der Waals surface area contributed by atoms with Crippen LogP contribution >= 0.6 is 0 Å². The Hall–Kier alpha value is -3.80. The van der Waals surface area contributed by atoms with Crippen LogP contribution in [0.2, 0.25) is 0 Å². The third-order valence-corrected chi connectivity index (χ3v) is 4.56. The van der Waals surface area contributed by atoms with Crippen molar-refractivity contribution in [1.82, 2.24) is 5.32 Å². The van der Waals surface area contributed by atoms with Crippen molar-refractivity contribution in [2.75, 3.05) is 19.5 Å². The molecule has 0 bridgehead atoms. The summed E-state index contributed by atoms with van der Waals surface area (Å²) in [6, 6.07) is 22.1. The molecule has 30 heavy (non-hydrogen) atoms. The van der Waals surface area contributed by atoms with E-state index in [1.165, 1.54) is 7.11 Å². The molecule has 0 aromatic heterocycles. The number of ether oxygens (including phenoxy) is 2. The third-order valence-electron chi connectivity index (χ3n) is 4.56. The second kappa shape index (κ2) is 10.1. The summed E-state index contributed by atoms with van der Waals surface area (Å²) in [5, 5.41) is 5.46. The van der Waals surface area contributed by atoms with Gasteiger partial charge in [-0.2, -0.15) is 0 Å². The molecule has 0 fully saturated rings. The number of benzene rings is 3. The van der Waals surface area contributed by atoms with Crippen molar-refractivity contribution in [3.63, 3.8) is 0 Å². The summed E-state index contributed by atoms with van der Waals surface area (Å²) in [7, 11) is 3.11. The lowest BCUT2D eigenvalue weighted by molar-refractivity contribution is -0.119. The Labute approximate surface area is 175 Å². The summed E-state index contributed by atoms with van der Waals surface area (Å²) < 4.78 is 11.2. The van der Waals surface area contributed by atoms with Gasteiger partial charge in [0.1, 0.15) is 6.61 Å². The van der Waals surface area contributed by atoms with E-state index >= 15 is 0 Å². The van der Waals surface area contributed by atoms with Gasteiger partial charge in [-0.1, -0.05) is 48.5 Å². The van der Waals surface area contributed by atoms with Crippen LogP contribution in [-0.2, 0) is 17.8 Å². The second-order valence-electron chi connectivity index (χ2n) is 6.60. The highest BCUT2D eigenvalue weighted by Gasteiger charge is 2.14. The van der Waals surface area contributed by atoms with Crippen LogP contribution in [0.4, 0.5) is 5.69 Å². The molecule has 6 nitrogen and oxygen atoms in total. The van der Waals surface area contributed by atoms with Gasteiger partial charge in [0.2, 0.25) is 5.91 Å². The molecule has 154 valence electrons. The molecule has 0 spiro atoms. The Bertz CT molecular complexity index is 1020. The highest BCUT2D eigenvalue weighted by atomic mass is 16.5. The van der Waals surface area contributed by atoms with Gasteiger partial charge in [0.05, 0.1) is 13.5 Å². The molecule has 0 aliphatic carbocycles. The number of methoxy groups -OCH3 is 1. The minimum atomic E-state index is -0.299. The number of nitrogens with one attached hydrogen (secondary N) is 2. The topological polar surface area (TPSA) is 76.7 Å². The van der Waals surface area contributed by atoms with E-state index in [-0.39, 0.29) is 18.2 Å². The van der Waals surface area contributed by atoms with E-state index < -0.39 is 0 Å². The van der Waals surface area contributed by atoms with Crippen LogP contribution in [0.3, 0.4) is 0 Å². The van der Waals surface area contributed by atoms with E-state index in [1.54, 1.807) is 31.3 Å². The molecule has 6 heteroatoms. The highest BCUT2D eigenvalue weighted by molar-refractivity contribution is 6.05. The molecule has 2 amide bonds. The lowest BCUT2D eigenvalue weighted by Crippen LogP contribution is -2.21. The number of carbonyl (C=O) groups is 2. The average molecular weight is 404 g/mol. The first kappa shape index (κ1) is 20.9. The number of hydrogen-bond acceptors (Lipinski definition) is 4. The normalized spacial score (nSPS) is 10.2. The largest absolute Gasteiger partial charge is 0.493 e. The quantitative estimate of drug-likeness (QED) is 0.599. The van der Waals surface area contributed by atoms with Crippen LogP contribution < -0.4 is 20.1 Å². The first-order valence-corrected chi connectivity index (χ1v) is 9.55. The smallest absolute Gasteiger partial charge is 0.255 e. The molecular weight excluding hydrogens is 380 g/mol. The molecule has 3 aromatic rings. The van der Waals surface area contributed by atoms with Gasteiger partial charge in [-0.3, -0.25) is 9.59 Å². The molecule has 3 aromatic carbocycles. The van der Waals surface area contributed by atoms with Crippen molar-refractivity contribution in [2.24, 2.45) is 0 Å². The summed E-state index contributed by atoms with van der Waals surface area (Å²) in [4.78, 5) is 24.5. The van der Waals surface area contributed by atoms with Crippen molar-refractivity contribution in [3.05, 3.63) is 89.5 Å². The molecule has 0 saturated carbocycles. The van der Waals surface area contributed by atoms with E-state index in [0.717, 1.165) is 11.1 Å². The first-order valence-electron chi connectivity index (χ1n) is 9.55. The van der Waals surface area contributed by atoms with E-state index in [0.29, 0.717) is 29.4 Å². The molecule has 0 aliphatic heterocycles. The molecule has 0 heterocycles. The molecule has 0 aliphatic rings. The Balaban J connectivity index is 1.73. The number of anilines is 1. The van der Waals surface area contributed by atoms with Gasteiger partial charge in [-0.25, -0.2) is 0 Å². The number of carbonyl (C=O) groups excluding carboxylic acids is 2. The van der Waals surface area contributed by atoms with E-state index in [9.17, 15) is 9.59 Å². The monoisotopic (exact) mass is 404 g/mol. The maximum Gasteiger partial charge on any atom is 0.255 e. The van der Waals surface area contributed by atoms with Gasteiger partial charge in [0.25, 0.3) is 5.91 Å². The number of likely N-dealkylation sites (N-methyl/N-ethyl adjacent to an activating group) is 1. The Kier molecular flexibility index (Phi) is 7.05. The second-order valence-corrected chi connectivity index (χ2v) is 6.60. The van der Waals surface area contributed by atoms with Gasteiger partial charge in [0.15, 0.2) is 11.5 Å². The molecule has 3 rings (SSSR count). The molecule has 0 atom stereocenters. The minimum Gasteiger partial charge on any atom is -0.493 e. The Morgan fingerprint density at radius 2 is 1.63 bits per heavy atom. The number of para-hydroxylation sites is 1. The predicted octanol–water partition coefficient (Wildman–Crippen LogP) is 3.82. The lowest BCUT2D eigenvalue weighted by atomic mass is 10.1. The fraction of sp³-hybridized carbons (Fsp3) is 0.167. The van der Waals surface area contributed by atoms with Crippen LogP contribution in [0.15, 0.2) is 72.8 Å². The maximum atomic E-state index is 12.8. The number of hydrogen-bond donors (Lipinski definition) is 2. The SMILES string of the molecule is CNC(=O)Cc1ccccc1NC(=O)c1ccc(OCc2ccccc2)c(OC)c1. The predicted molar refractivity (Wildman–Crippen MR) is 116 cm³/mol. The van der Waals surface area contributed by atoms with Gasteiger partial charge in [-0.05, 0) is 35.4 Å². The Morgan fingerprint density at radius 1 is 0.900 bits per heavy atom. The van der Waals surface area contributed by atoms with Crippen LogP contribution in [-0.4, -0.2) is 26.0 Å². The fourth-order valence-corrected chi connectivity index (χ4v) is 2.92. The van der Waals surface area contributed by atoms with Gasteiger partial charge < -0.3 is 20.1 Å². The van der Waals surface area contributed by atoms with Gasteiger partial charge in [0, 0.05) is 18.3 Å². The van der Waals surface area contributed by atoms with Crippen LogP contribution in [0, 0.1) is 0 Å². The van der Waals surface area contributed by atoms with Crippen LogP contribution in [0.25, 0.3) is 0 Å². The van der Waals surface area contributed by atoms with Crippen molar-refractivity contribution >= 4 is 17.5 Å². The zero-order valence-electron chi connectivity index (χ0n) is 17.0. The summed E-state index contributed by atoms with van der Waals surface area (Å²) in [5.41, 5.74) is 2.79. The van der Waals surface area contributed by atoms with E-state index in [1.807, 2.05) is 48.5 Å². The number of amides is 2. The molecule has 0 saturated heterocycles. The van der Waals surface area contributed by atoms with Crippen molar-refractivity contribution < 1.29 is 19.1 Å². The van der Waals surface area contributed by atoms with E-state index in [2.05, 4.69) is 10.6 Å². The molecule has 2 N–H and O–H groups in total. The zero-order valence-corrected chi connectivity index (χ0v) is 17.0. The van der Waals surface area contributed by atoms with Crippen molar-refractivity contribution in [2.45, 2.75) is 13.0 Å². The lowest BCUT2D eigenvalue weighted by Gasteiger charge is -2.14. The molecule has 0 radical (unpaired) electrons. The summed E-state index contributed by atoms with van der Waals surface area (Å²) >= 11 is 0. The van der Waals surface area contributed by atoms with Crippen LogP contribution in [0.1, 0.15) is 21.5 Å². The minimum absolute atomic E-state index is 0.127. The fourth-order valence-electron chi connectivity index (χ4n) is 2.92. The summed E-state index contributed by atoms with van der Waals surface area (Å²) in [5.74, 6) is 0.598. The third kappa shape index (κ3) is 5.38. The molecule has 0 unspecified atom stereocenters. The first-order chi connectivity index (χ1) is 14.6. The summed E-state index contributed by atoms with van der Waals surface area (Å²) in [6.07, 6.45) is 0.183. The van der Waals surface area contributed by atoms with Crippen molar-refractivity contribution in [1.29, 1.82) is 0 Å². The highest BCUT2D eigenvalue weighted by Crippen LogP contribution is 2.29. The van der Waals surface area contributed by atoms with Crippen molar-refractivity contribution in [3.8, 4) is 11.5 Å². The Morgan fingerprint density at radius 3 is 2.37 bits per heavy atom. The standard InChI is InChI=1S/C24H24N2O4/c1-25-23(27)15-18-10-6-7-11-20(18)26-24(28)19-12-13-21(22(14-19)29-2)30-16-17-8-4-3-5-9-17/h3-14H,15-16H2,1-2H3,(H,25,27)(H,26,28). The zero-order chi connectivity index (χ0) is 21.3. The average Bonchev–Trinajstić information content (AvgIpc) is 2.79. The number of rotatable bonds is 8. The maximum absolute atomic E-state index is 12.8. The van der Waals surface area contributed by atoms with Gasteiger partial charge in [-0.15, -0.1) is 0 Å². The summed E-state index contributed by atoms with van der Waals surface area (Å²) in [6.45, 7) is 0.398. The van der Waals surface area contributed by atoms with E-state index in [4.69, 9.17) is 9.47 Å². The van der Waals surface area contributed by atoms with Crippen LogP contribution in [0.5, 0.6) is 11.5 Å².